The lowest BCUT2D eigenvalue weighted by molar-refractivity contribution is -0.120. The Bertz CT molecular complexity index is 1040. The molecule has 0 aliphatic heterocycles. The largest absolute Gasteiger partial charge is 0.508 e. The average Bonchev–Trinajstić information content (AvgIpc) is 3.15. The maximum atomic E-state index is 12.4. The van der Waals surface area contributed by atoms with Crippen LogP contribution in [-0.2, 0) is 17.8 Å². The van der Waals surface area contributed by atoms with E-state index in [2.05, 4.69) is 28.2 Å². The molecule has 3 aromatic rings. The third kappa shape index (κ3) is 5.61. The Balaban J connectivity index is 1.50. The number of amides is 1. The second kappa shape index (κ2) is 10.5. The molecule has 3 N–H and O–H groups in total. The van der Waals surface area contributed by atoms with Crippen molar-refractivity contribution in [3.63, 3.8) is 0 Å². The van der Waals surface area contributed by atoms with Crippen LogP contribution in [0.1, 0.15) is 63.3 Å². The highest BCUT2D eigenvalue weighted by molar-refractivity contribution is 5.84. The van der Waals surface area contributed by atoms with Gasteiger partial charge in [-0.05, 0) is 55.2 Å². The molecular weight excluding hydrogens is 400 g/mol. The molecule has 0 spiro atoms. The van der Waals surface area contributed by atoms with Crippen molar-refractivity contribution in [3.8, 4) is 5.75 Å². The standard InChI is InChI=1S/C26H34N4O2/c1-2-3-9-25-29-23-15-12-21(27-17-26(32)28-20-7-5-4-6-8-20)16-24(23)30(25)18-19-10-13-22(31)14-11-19/h10-16,20,27,31H,2-9,17-18H2,1H3,(H,28,32). The number of aromatic hydroxyl groups is 1. The number of fused-ring (bicyclic) bond motifs is 1. The molecule has 32 heavy (non-hydrogen) atoms. The van der Waals surface area contributed by atoms with E-state index in [0.29, 0.717) is 12.6 Å². The van der Waals surface area contributed by atoms with E-state index < -0.39 is 0 Å². The van der Waals surface area contributed by atoms with Gasteiger partial charge in [0.15, 0.2) is 0 Å². The van der Waals surface area contributed by atoms with Crippen molar-refractivity contribution in [1.82, 2.24) is 14.9 Å². The molecule has 1 heterocycles. The summed E-state index contributed by atoms with van der Waals surface area (Å²) in [5, 5.41) is 16.1. The van der Waals surface area contributed by atoms with Gasteiger partial charge in [-0.2, -0.15) is 0 Å². The van der Waals surface area contributed by atoms with Gasteiger partial charge in [0, 0.05) is 24.7 Å². The molecule has 1 aromatic heterocycles. The molecule has 6 heteroatoms. The van der Waals surface area contributed by atoms with Crippen LogP contribution in [0.3, 0.4) is 0 Å². The van der Waals surface area contributed by atoms with Crippen molar-refractivity contribution in [2.75, 3.05) is 11.9 Å². The van der Waals surface area contributed by atoms with Gasteiger partial charge < -0.3 is 20.3 Å². The molecule has 0 bridgehead atoms. The van der Waals surface area contributed by atoms with Crippen LogP contribution < -0.4 is 10.6 Å². The average molecular weight is 435 g/mol. The summed E-state index contributed by atoms with van der Waals surface area (Å²) in [5.41, 5.74) is 4.06. The highest BCUT2D eigenvalue weighted by atomic mass is 16.3. The molecule has 4 rings (SSSR count). The Morgan fingerprint density at radius 3 is 2.66 bits per heavy atom. The van der Waals surface area contributed by atoms with E-state index in [1.165, 1.54) is 19.3 Å². The highest BCUT2D eigenvalue weighted by Gasteiger charge is 2.16. The van der Waals surface area contributed by atoms with Gasteiger partial charge in [-0.25, -0.2) is 4.98 Å². The summed E-state index contributed by atoms with van der Waals surface area (Å²) < 4.78 is 2.25. The molecule has 1 aliphatic rings. The van der Waals surface area contributed by atoms with Crippen molar-refractivity contribution in [2.45, 2.75) is 70.9 Å². The van der Waals surface area contributed by atoms with Crippen LogP contribution >= 0.6 is 0 Å². The minimum absolute atomic E-state index is 0.0539. The number of nitrogens with one attached hydrogen (secondary N) is 2. The third-order valence-corrected chi connectivity index (χ3v) is 6.28. The molecule has 0 atom stereocenters. The number of phenols is 1. The van der Waals surface area contributed by atoms with Gasteiger partial charge >= 0.3 is 0 Å². The van der Waals surface area contributed by atoms with E-state index >= 15 is 0 Å². The molecule has 2 aromatic carbocycles. The number of anilines is 1. The summed E-state index contributed by atoms with van der Waals surface area (Å²) in [5.74, 6) is 1.40. The summed E-state index contributed by atoms with van der Waals surface area (Å²) in [6, 6.07) is 13.8. The predicted molar refractivity (Wildman–Crippen MR) is 129 cm³/mol. The Morgan fingerprint density at radius 1 is 1.12 bits per heavy atom. The van der Waals surface area contributed by atoms with Crippen LogP contribution in [0.25, 0.3) is 11.0 Å². The zero-order valence-electron chi connectivity index (χ0n) is 18.9. The van der Waals surface area contributed by atoms with Crippen molar-refractivity contribution >= 4 is 22.6 Å². The molecule has 6 nitrogen and oxygen atoms in total. The number of benzene rings is 2. The Labute approximate surface area is 190 Å². The molecule has 0 saturated heterocycles. The van der Waals surface area contributed by atoms with Gasteiger partial charge in [0.1, 0.15) is 11.6 Å². The Hall–Kier alpha value is -3.02. The van der Waals surface area contributed by atoms with E-state index in [-0.39, 0.29) is 18.2 Å². The number of nitrogens with zero attached hydrogens (tertiary/aromatic N) is 2. The smallest absolute Gasteiger partial charge is 0.239 e. The molecule has 1 saturated carbocycles. The maximum absolute atomic E-state index is 12.4. The van der Waals surface area contributed by atoms with E-state index in [0.717, 1.165) is 60.2 Å². The van der Waals surface area contributed by atoms with Gasteiger partial charge in [0.05, 0.1) is 17.6 Å². The third-order valence-electron chi connectivity index (χ3n) is 6.28. The zero-order chi connectivity index (χ0) is 22.3. The maximum Gasteiger partial charge on any atom is 0.239 e. The number of imidazole rings is 1. The first kappa shape index (κ1) is 22.2. The number of phenolic OH excluding ortho intramolecular Hbond substituents is 1. The molecular formula is C26H34N4O2. The molecule has 1 aliphatic carbocycles. The SMILES string of the molecule is CCCCc1nc2ccc(NCC(=O)NC3CCCCC3)cc2n1Cc1ccc(O)cc1. The fraction of sp³-hybridized carbons (Fsp3) is 0.462. The topological polar surface area (TPSA) is 79.2 Å². The fourth-order valence-electron chi connectivity index (χ4n) is 4.48. The Kier molecular flexibility index (Phi) is 7.30. The number of rotatable bonds is 9. The number of carbonyl (C=O) groups is 1. The van der Waals surface area contributed by atoms with Gasteiger partial charge in [0.2, 0.25) is 5.91 Å². The van der Waals surface area contributed by atoms with E-state index in [4.69, 9.17) is 4.98 Å². The molecule has 1 fully saturated rings. The number of aromatic nitrogens is 2. The first-order chi connectivity index (χ1) is 15.6. The molecule has 170 valence electrons. The lowest BCUT2D eigenvalue weighted by Gasteiger charge is -2.22. The fourth-order valence-corrected chi connectivity index (χ4v) is 4.48. The highest BCUT2D eigenvalue weighted by Crippen LogP contribution is 2.24. The summed E-state index contributed by atoms with van der Waals surface area (Å²) in [7, 11) is 0. The summed E-state index contributed by atoms with van der Waals surface area (Å²) in [6.45, 7) is 3.16. The van der Waals surface area contributed by atoms with E-state index in [1.807, 2.05) is 24.3 Å². The number of unbranched alkanes of at least 4 members (excludes halogenated alkanes) is 1. The second-order valence-electron chi connectivity index (χ2n) is 8.84. The summed E-state index contributed by atoms with van der Waals surface area (Å²) in [6.07, 6.45) is 9.01. The van der Waals surface area contributed by atoms with Crippen molar-refractivity contribution in [1.29, 1.82) is 0 Å². The van der Waals surface area contributed by atoms with Crippen LogP contribution in [-0.4, -0.2) is 33.2 Å². The lowest BCUT2D eigenvalue weighted by atomic mass is 9.95. The van der Waals surface area contributed by atoms with Crippen LogP contribution in [0.5, 0.6) is 5.75 Å². The summed E-state index contributed by atoms with van der Waals surface area (Å²) >= 11 is 0. The van der Waals surface area contributed by atoms with Crippen molar-refractivity contribution < 1.29 is 9.90 Å². The van der Waals surface area contributed by atoms with Crippen LogP contribution in [0.4, 0.5) is 5.69 Å². The monoisotopic (exact) mass is 434 g/mol. The van der Waals surface area contributed by atoms with E-state index in [9.17, 15) is 9.90 Å². The minimum Gasteiger partial charge on any atom is -0.508 e. The zero-order valence-corrected chi connectivity index (χ0v) is 18.9. The first-order valence-corrected chi connectivity index (χ1v) is 11.9. The van der Waals surface area contributed by atoms with E-state index in [1.54, 1.807) is 12.1 Å². The normalized spacial score (nSPS) is 14.5. The Morgan fingerprint density at radius 2 is 1.91 bits per heavy atom. The molecule has 0 radical (unpaired) electrons. The van der Waals surface area contributed by atoms with Gasteiger partial charge in [-0.15, -0.1) is 0 Å². The van der Waals surface area contributed by atoms with Gasteiger partial charge in [-0.3, -0.25) is 4.79 Å². The van der Waals surface area contributed by atoms with Crippen LogP contribution in [0, 0.1) is 0 Å². The number of aryl methyl sites for hydroxylation is 1. The number of carbonyl (C=O) groups excluding carboxylic acids is 1. The van der Waals surface area contributed by atoms with Crippen molar-refractivity contribution in [2.24, 2.45) is 0 Å². The number of hydrogen-bond donors (Lipinski definition) is 3. The lowest BCUT2D eigenvalue weighted by Crippen LogP contribution is -2.39. The number of hydrogen-bond acceptors (Lipinski definition) is 4. The second-order valence-corrected chi connectivity index (χ2v) is 8.84. The molecule has 0 unspecified atom stereocenters. The predicted octanol–water partition coefficient (Wildman–Crippen LogP) is 4.99. The quantitative estimate of drug-likeness (QED) is 0.443. The van der Waals surface area contributed by atoms with Crippen molar-refractivity contribution in [3.05, 3.63) is 53.9 Å². The molecule has 1 amide bonds. The summed E-state index contributed by atoms with van der Waals surface area (Å²) in [4.78, 5) is 17.3. The first-order valence-electron chi connectivity index (χ1n) is 11.9. The van der Waals surface area contributed by atoms with Gasteiger partial charge in [-0.1, -0.05) is 44.7 Å². The van der Waals surface area contributed by atoms with Gasteiger partial charge in [0.25, 0.3) is 0 Å². The minimum atomic E-state index is 0.0539. The van der Waals surface area contributed by atoms with Crippen LogP contribution in [0.15, 0.2) is 42.5 Å². The van der Waals surface area contributed by atoms with Crippen LogP contribution in [0.2, 0.25) is 0 Å².